The van der Waals surface area contributed by atoms with Crippen molar-refractivity contribution >= 4 is 0 Å². The Balaban J connectivity index is 1.39. The van der Waals surface area contributed by atoms with Crippen LogP contribution in [0.25, 0.3) is 0 Å². The molecule has 1 N–H and O–H groups in total. The van der Waals surface area contributed by atoms with Crippen LogP contribution in [0, 0.1) is 11.8 Å². The van der Waals surface area contributed by atoms with Crippen LogP contribution in [-0.2, 0) is 6.54 Å². The van der Waals surface area contributed by atoms with Crippen LogP contribution in [0.15, 0.2) is 4.52 Å². The van der Waals surface area contributed by atoms with Crippen LogP contribution in [0.1, 0.15) is 69.5 Å². The zero-order valence-electron chi connectivity index (χ0n) is 13.5. The minimum Gasteiger partial charge on any atom is -0.388 e. The van der Waals surface area contributed by atoms with Crippen LogP contribution in [0.2, 0.25) is 0 Å². The summed E-state index contributed by atoms with van der Waals surface area (Å²) in [5.41, 5.74) is -0.504. The largest absolute Gasteiger partial charge is 0.388 e. The first-order chi connectivity index (χ1) is 10.6. The minimum atomic E-state index is -0.504. The number of rotatable bonds is 4. The topological polar surface area (TPSA) is 62.4 Å². The van der Waals surface area contributed by atoms with E-state index >= 15 is 0 Å². The van der Waals surface area contributed by atoms with Crippen molar-refractivity contribution in [2.75, 3.05) is 13.1 Å². The lowest BCUT2D eigenvalue weighted by Gasteiger charge is -2.41. The molecule has 3 aliphatic rings. The van der Waals surface area contributed by atoms with Gasteiger partial charge in [-0.3, -0.25) is 4.90 Å². The molecule has 122 valence electrons. The highest BCUT2D eigenvalue weighted by Crippen LogP contribution is 2.44. The maximum absolute atomic E-state index is 11.0. The van der Waals surface area contributed by atoms with Crippen molar-refractivity contribution in [1.29, 1.82) is 0 Å². The van der Waals surface area contributed by atoms with Crippen LogP contribution in [0.5, 0.6) is 0 Å². The van der Waals surface area contributed by atoms with Crippen molar-refractivity contribution in [3.8, 4) is 0 Å². The molecule has 22 heavy (non-hydrogen) atoms. The Morgan fingerprint density at radius 1 is 1.23 bits per heavy atom. The molecule has 5 nitrogen and oxygen atoms in total. The van der Waals surface area contributed by atoms with Gasteiger partial charge in [0.1, 0.15) is 0 Å². The standard InChI is InChI=1S/C17H27N3O2/c1-12-9-20(11-17(12,21)14-7-4-8-14)10-15-18-16(22-19-15)13-5-2-3-6-13/h12-14,21H,2-11H2,1H3/t12-,17+/m1/s1. The van der Waals surface area contributed by atoms with Gasteiger partial charge in [0.15, 0.2) is 5.82 Å². The molecule has 0 spiro atoms. The predicted molar refractivity (Wildman–Crippen MR) is 82.2 cm³/mol. The van der Waals surface area contributed by atoms with Crippen LogP contribution < -0.4 is 0 Å². The van der Waals surface area contributed by atoms with E-state index in [1.807, 2.05) is 0 Å². The second-order valence-electron chi connectivity index (χ2n) is 7.72. The molecular weight excluding hydrogens is 278 g/mol. The van der Waals surface area contributed by atoms with E-state index in [1.165, 1.54) is 44.9 Å². The number of aliphatic hydroxyl groups is 1. The summed E-state index contributed by atoms with van der Waals surface area (Å²) in [7, 11) is 0. The highest BCUT2D eigenvalue weighted by atomic mass is 16.5. The molecule has 5 heteroatoms. The van der Waals surface area contributed by atoms with Crippen LogP contribution in [0.3, 0.4) is 0 Å². The predicted octanol–water partition coefficient (Wildman–Crippen LogP) is 2.71. The van der Waals surface area contributed by atoms with E-state index in [0.29, 0.717) is 24.3 Å². The highest BCUT2D eigenvalue weighted by Gasteiger charge is 2.49. The molecule has 0 radical (unpaired) electrons. The molecule has 0 amide bonds. The molecule has 4 rings (SSSR count). The van der Waals surface area contributed by atoms with E-state index in [2.05, 4.69) is 22.0 Å². The summed E-state index contributed by atoms with van der Waals surface area (Å²) in [5.74, 6) is 2.91. The Labute approximate surface area is 132 Å². The summed E-state index contributed by atoms with van der Waals surface area (Å²) in [4.78, 5) is 6.90. The smallest absolute Gasteiger partial charge is 0.229 e. The second-order valence-corrected chi connectivity index (χ2v) is 7.72. The van der Waals surface area contributed by atoms with Gasteiger partial charge in [0.25, 0.3) is 0 Å². The molecule has 2 aliphatic carbocycles. The lowest BCUT2D eigenvalue weighted by Crippen LogP contribution is -2.47. The van der Waals surface area contributed by atoms with Gasteiger partial charge in [-0.1, -0.05) is 31.3 Å². The maximum atomic E-state index is 11.0. The zero-order valence-corrected chi connectivity index (χ0v) is 13.5. The lowest BCUT2D eigenvalue weighted by molar-refractivity contribution is -0.0673. The van der Waals surface area contributed by atoms with Gasteiger partial charge in [0.2, 0.25) is 5.89 Å². The first-order valence-corrected chi connectivity index (χ1v) is 8.92. The normalized spacial score (nSPS) is 34.4. The Hall–Kier alpha value is -0.940. The Bertz CT molecular complexity index is 522. The minimum absolute atomic E-state index is 0.332. The summed E-state index contributed by atoms with van der Waals surface area (Å²) in [6.07, 6.45) is 8.56. The van der Waals surface area contributed by atoms with E-state index in [-0.39, 0.29) is 0 Å². The molecular formula is C17H27N3O2. The third-order valence-corrected chi connectivity index (χ3v) is 6.23. The Morgan fingerprint density at radius 2 is 2.00 bits per heavy atom. The van der Waals surface area contributed by atoms with E-state index < -0.39 is 5.60 Å². The number of hydrogen-bond donors (Lipinski definition) is 1. The van der Waals surface area contributed by atoms with Crippen molar-refractivity contribution < 1.29 is 9.63 Å². The quantitative estimate of drug-likeness (QED) is 0.926. The fraction of sp³-hybridized carbons (Fsp3) is 0.882. The van der Waals surface area contributed by atoms with Gasteiger partial charge in [0.05, 0.1) is 12.1 Å². The average molecular weight is 305 g/mol. The van der Waals surface area contributed by atoms with Crippen molar-refractivity contribution in [3.63, 3.8) is 0 Å². The molecule has 3 fully saturated rings. The van der Waals surface area contributed by atoms with Gasteiger partial charge in [-0.2, -0.15) is 4.98 Å². The van der Waals surface area contributed by atoms with Gasteiger partial charge in [-0.15, -0.1) is 0 Å². The molecule has 2 heterocycles. The summed E-state index contributed by atoms with van der Waals surface area (Å²) in [6.45, 7) is 4.57. The summed E-state index contributed by atoms with van der Waals surface area (Å²) in [6, 6.07) is 0. The molecule has 1 aliphatic heterocycles. The molecule has 1 saturated heterocycles. The molecule has 1 aromatic heterocycles. The van der Waals surface area contributed by atoms with Crippen molar-refractivity contribution in [2.45, 2.75) is 69.9 Å². The van der Waals surface area contributed by atoms with Gasteiger partial charge in [0, 0.05) is 19.0 Å². The van der Waals surface area contributed by atoms with Crippen LogP contribution >= 0.6 is 0 Å². The third-order valence-electron chi connectivity index (χ3n) is 6.23. The number of likely N-dealkylation sites (tertiary alicyclic amines) is 1. The molecule has 0 bridgehead atoms. The number of aromatic nitrogens is 2. The molecule has 2 saturated carbocycles. The van der Waals surface area contributed by atoms with E-state index in [1.54, 1.807) is 0 Å². The summed E-state index contributed by atoms with van der Waals surface area (Å²) in [5, 5.41) is 15.2. The first kappa shape index (κ1) is 14.6. The average Bonchev–Trinajstić information content (AvgIpc) is 3.09. The first-order valence-electron chi connectivity index (χ1n) is 8.92. The number of hydrogen-bond acceptors (Lipinski definition) is 5. The van der Waals surface area contributed by atoms with Crippen molar-refractivity contribution in [2.24, 2.45) is 11.8 Å². The monoisotopic (exact) mass is 305 g/mol. The fourth-order valence-electron chi connectivity index (χ4n) is 4.55. The number of nitrogens with zero attached hydrogens (tertiary/aromatic N) is 3. The van der Waals surface area contributed by atoms with E-state index in [0.717, 1.165) is 24.8 Å². The number of β-amino-alcohol motifs (C(OH)–C–C–N with tert-alkyl or cyclic N) is 1. The van der Waals surface area contributed by atoms with Crippen LogP contribution in [-0.4, -0.2) is 38.8 Å². The summed E-state index contributed by atoms with van der Waals surface area (Å²) < 4.78 is 5.47. The van der Waals surface area contributed by atoms with Gasteiger partial charge in [-0.05, 0) is 37.5 Å². The van der Waals surface area contributed by atoms with E-state index in [4.69, 9.17) is 4.52 Å². The Morgan fingerprint density at radius 3 is 2.68 bits per heavy atom. The summed E-state index contributed by atoms with van der Waals surface area (Å²) >= 11 is 0. The lowest BCUT2D eigenvalue weighted by atomic mass is 9.69. The maximum Gasteiger partial charge on any atom is 0.229 e. The zero-order chi connectivity index (χ0) is 15.2. The second kappa shape index (κ2) is 5.60. The van der Waals surface area contributed by atoms with Crippen LogP contribution in [0.4, 0.5) is 0 Å². The van der Waals surface area contributed by atoms with Crippen molar-refractivity contribution in [1.82, 2.24) is 15.0 Å². The molecule has 0 unspecified atom stereocenters. The van der Waals surface area contributed by atoms with Gasteiger partial charge >= 0.3 is 0 Å². The van der Waals surface area contributed by atoms with E-state index in [9.17, 15) is 5.11 Å². The Kier molecular flexibility index (Phi) is 3.73. The molecule has 1 aromatic rings. The fourth-order valence-corrected chi connectivity index (χ4v) is 4.55. The van der Waals surface area contributed by atoms with Gasteiger partial charge < -0.3 is 9.63 Å². The van der Waals surface area contributed by atoms with Crippen molar-refractivity contribution in [3.05, 3.63) is 11.7 Å². The SMILES string of the molecule is C[C@@H]1CN(Cc2noc(C3CCCC3)n2)C[C@@]1(O)C1CCC1. The molecule has 0 aromatic carbocycles. The molecule has 2 atom stereocenters. The van der Waals surface area contributed by atoms with Gasteiger partial charge in [-0.25, -0.2) is 0 Å². The third kappa shape index (κ3) is 2.48. The highest BCUT2D eigenvalue weighted by molar-refractivity contribution is 5.03.